The van der Waals surface area contributed by atoms with Crippen LogP contribution in [-0.4, -0.2) is 18.6 Å². The van der Waals surface area contributed by atoms with E-state index in [2.05, 4.69) is 11.0 Å². The summed E-state index contributed by atoms with van der Waals surface area (Å²) < 4.78 is 13.2. The van der Waals surface area contributed by atoms with Gasteiger partial charge in [0, 0.05) is 18.8 Å². The third-order valence-corrected chi connectivity index (χ3v) is 3.46. The van der Waals surface area contributed by atoms with Crippen molar-refractivity contribution in [2.24, 2.45) is 5.73 Å². The molecule has 0 aliphatic carbocycles. The van der Waals surface area contributed by atoms with Gasteiger partial charge < -0.3 is 10.6 Å². The van der Waals surface area contributed by atoms with Crippen LogP contribution in [0, 0.1) is 17.1 Å². The maximum absolute atomic E-state index is 13.2. The summed E-state index contributed by atoms with van der Waals surface area (Å²) in [6.07, 6.45) is 2.13. The first-order valence-electron chi connectivity index (χ1n) is 6.75. The molecule has 1 aromatic carbocycles. The van der Waals surface area contributed by atoms with Crippen LogP contribution in [0.5, 0.6) is 0 Å². The second kappa shape index (κ2) is 7.10. The molecule has 0 aliphatic rings. The Bertz CT molecular complexity index is 441. The van der Waals surface area contributed by atoms with Crippen molar-refractivity contribution in [1.82, 2.24) is 0 Å². The Labute approximate surface area is 114 Å². The summed E-state index contributed by atoms with van der Waals surface area (Å²) in [6.45, 7) is 5.54. The van der Waals surface area contributed by atoms with E-state index in [0.29, 0.717) is 12.8 Å². The lowest BCUT2D eigenvalue weighted by atomic mass is 9.93. The number of nitrogens with zero attached hydrogens (tertiary/aromatic N) is 2. The molecule has 0 aromatic heterocycles. The summed E-state index contributed by atoms with van der Waals surface area (Å²) >= 11 is 0. The van der Waals surface area contributed by atoms with Crippen LogP contribution in [0.4, 0.5) is 10.1 Å². The minimum Gasteiger partial charge on any atom is -0.372 e. The van der Waals surface area contributed by atoms with Gasteiger partial charge in [-0.1, -0.05) is 13.0 Å². The van der Waals surface area contributed by atoms with Gasteiger partial charge in [-0.15, -0.1) is 0 Å². The number of benzene rings is 1. The van der Waals surface area contributed by atoms with Crippen molar-refractivity contribution in [2.75, 3.05) is 18.0 Å². The predicted molar refractivity (Wildman–Crippen MR) is 76.3 cm³/mol. The number of nitriles is 1. The van der Waals surface area contributed by atoms with E-state index in [1.54, 1.807) is 6.07 Å². The van der Waals surface area contributed by atoms with Gasteiger partial charge in [-0.05, 0) is 44.4 Å². The van der Waals surface area contributed by atoms with Crippen molar-refractivity contribution < 1.29 is 4.39 Å². The summed E-state index contributed by atoms with van der Waals surface area (Å²) in [7, 11) is 0. The molecule has 0 spiro atoms. The zero-order valence-corrected chi connectivity index (χ0v) is 11.7. The maximum Gasteiger partial charge on any atom is 0.125 e. The highest BCUT2D eigenvalue weighted by Gasteiger charge is 2.21. The van der Waals surface area contributed by atoms with Gasteiger partial charge in [0.05, 0.1) is 6.07 Å². The molecule has 19 heavy (non-hydrogen) atoms. The monoisotopic (exact) mass is 263 g/mol. The Morgan fingerprint density at radius 1 is 1.42 bits per heavy atom. The molecule has 3 nitrogen and oxygen atoms in total. The van der Waals surface area contributed by atoms with Crippen LogP contribution < -0.4 is 10.6 Å². The van der Waals surface area contributed by atoms with Crippen LogP contribution in [-0.2, 0) is 0 Å². The lowest BCUT2D eigenvalue weighted by Crippen LogP contribution is -2.38. The molecule has 0 aliphatic heterocycles. The lowest BCUT2D eigenvalue weighted by molar-refractivity contribution is 0.465. The second-order valence-electron chi connectivity index (χ2n) is 4.78. The fourth-order valence-electron chi connectivity index (χ4n) is 2.04. The Balaban J connectivity index is 2.57. The van der Waals surface area contributed by atoms with Crippen molar-refractivity contribution in [1.29, 1.82) is 5.26 Å². The Kier molecular flexibility index (Phi) is 5.78. The van der Waals surface area contributed by atoms with Gasteiger partial charge in [-0.3, -0.25) is 0 Å². The first-order chi connectivity index (χ1) is 9.04. The molecule has 1 rings (SSSR count). The van der Waals surface area contributed by atoms with Crippen LogP contribution in [0.15, 0.2) is 24.3 Å². The van der Waals surface area contributed by atoms with Crippen molar-refractivity contribution in [3.05, 3.63) is 30.1 Å². The van der Waals surface area contributed by atoms with Crippen LogP contribution in [0.3, 0.4) is 0 Å². The van der Waals surface area contributed by atoms with E-state index < -0.39 is 5.54 Å². The van der Waals surface area contributed by atoms with Crippen LogP contribution in [0.2, 0.25) is 0 Å². The van der Waals surface area contributed by atoms with Gasteiger partial charge in [0.2, 0.25) is 0 Å². The molecule has 0 saturated heterocycles. The number of hydrogen-bond acceptors (Lipinski definition) is 3. The Morgan fingerprint density at radius 2 is 2.16 bits per heavy atom. The average molecular weight is 263 g/mol. The van der Waals surface area contributed by atoms with Crippen LogP contribution in [0.25, 0.3) is 0 Å². The summed E-state index contributed by atoms with van der Waals surface area (Å²) in [5.41, 5.74) is 6.09. The SMILES string of the molecule is CCN(CCCC(N)(C#N)CC)c1cccc(F)c1. The van der Waals surface area contributed by atoms with Gasteiger partial charge in [0.25, 0.3) is 0 Å². The third kappa shape index (κ3) is 4.53. The van der Waals surface area contributed by atoms with E-state index in [-0.39, 0.29) is 5.82 Å². The van der Waals surface area contributed by atoms with Gasteiger partial charge in [-0.25, -0.2) is 4.39 Å². The molecule has 1 aromatic rings. The molecule has 4 heteroatoms. The minimum absolute atomic E-state index is 0.227. The van der Waals surface area contributed by atoms with Crippen LogP contribution >= 0.6 is 0 Å². The molecule has 1 atom stereocenters. The Morgan fingerprint density at radius 3 is 2.68 bits per heavy atom. The summed E-state index contributed by atoms with van der Waals surface area (Å²) in [5, 5.41) is 9.02. The molecule has 0 bridgehead atoms. The molecular formula is C15H22FN3. The summed E-state index contributed by atoms with van der Waals surface area (Å²) in [5.74, 6) is -0.227. The largest absolute Gasteiger partial charge is 0.372 e. The van der Waals surface area contributed by atoms with Crippen LogP contribution in [0.1, 0.15) is 33.1 Å². The van der Waals surface area contributed by atoms with Crippen molar-refractivity contribution in [3.8, 4) is 6.07 Å². The standard InChI is InChI=1S/C15H22FN3/c1-3-15(18,12-17)9-6-10-19(4-2)14-8-5-7-13(16)11-14/h5,7-8,11H,3-4,6,9-10,18H2,1-2H3. The molecule has 0 amide bonds. The highest BCUT2D eigenvalue weighted by Crippen LogP contribution is 2.18. The van der Waals surface area contributed by atoms with Gasteiger partial charge in [-0.2, -0.15) is 5.26 Å². The zero-order valence-electron chi connectivity index (χ0n) is 11.7. The quantitative estimate of drug-likeness (QED) is 0.822. The first-order valence-corrected chi connectivity index (χ1v) is 6.75. The molecule has 0 saturated carbocycles. The molecule has 1 unspecified atom stereocenters. The maximum atomic E-state index is 13.2. The predicted octanol–water partition coefficient (Wildman–Crippen LogP) is 3.06. The van der Waals surface area contributed by atoms with Gasteiger partial charge >= 0.3 is 0 Å². The van der Waals surface area contributed by atoms with Crippen molar-refractivity contribution >= 4 is 5.69 Å². The Hall–Kier alpha value is -1.60. The van der Waals surface area contributed by atoms with Crippen molar-refractivity contribution in [2.45, 2.75) is 38.6 Å². The van der Waals surface area contributed by atoms with Gasteiger partial charge in [0.15, 0.2) is 0 Å². The average Bonchev–Trinajstić information content (AvgIpc) is 2.43. The molecule has 0 radical (unpaired) electrons. The molecule has 104 valence electrons. The molecule has 2 N–H and O–H groups in total. The number of nitrogens with two attached hydrogens (primary N) is 1. The van der Waals surface area contributed by atoms with E-state index in [0.717, 1.165) is 25.2 Å². The normalized spacial score (nSPS) is 13.6. The lowest BCUT2D eigenvalue weighted by Gasteiger charge is -2.25. The highest BCUT2D eigenvalue weighted by atomic mass is 19.1. The molecule has 0 heterocycles. The van der Waals surface area contributed by atoms with E-state index in [1.165, 1.54) is 12.1 Å². The number of rotatable bonds is 7. The highest BCUT2D eigenvalue weighted by molar-refractivity contribution is 5.46. The fraction of sp³-hybridized carbons (Fsp3) is 0.533. The molecule has 0 fully saturated rings. The summed E-state index contributed by atoms with van der Waals surface area (Å²) in [6, 6.07) is 8.74. The number of hydrogen-bond donors (Lipinski definition) is 1. The number of halogens is 1. The molecular weight excluding hydrogens is 241 g/mol. The minimum atomic E-state index is -0.735. The van der Waals surface area contributed by atoms with Crippen molar-refractivity contribution in [3.63, 3.8) is 0 Å². The van der Waals surface area contributed by atoms with E-state index in [1.807, 2.05) is 19.9 Å². The fourth-order valence-corrected chi connectivity index (χ4v) is 2.04. The summed E-state index contributed by atoms with van der Waals surface area (Å²) in [4.78, 5) is 2.09. The zero-order chi connectivity index (χ0) is 14.3. The topological polar surface area (TPSA) is 53.0 Å². The van der Waals surface area contributed by atoms with Gasteiger partial charge in [0.1, 0.15) is 11.4 Å². The second-order valence-corrected chi connectivity index (χ2v) is 4.78. The first kappa shape index (κ1) is 15.5. The third-order valence-electron chi connectivity index (χ3n) is 3.46. The van der Waals surface area contributed by atoms with E-state index in [9.17, 15) is 4.39 Å². The van der Waals surface area contributed by atoms with E-state index in [4.69, 9.17) is 11.0 Å². The smallest absolute Gasteiger partial charge is 0.125 e. The van der Waals surface area contributed by atoms with E-state index >= 15 is 0 Å². The number of anilines is 1.